The maximum Gasteiger partial charge on any atom is 0.325 e. The first-order valence-electron chi connectivity index (χ1n) is 3.96. The fraction of sp³-hybridized carbons (Fsp3) is 0.250. The van der Waals surface area contributed by atoms with Crippen molar-refractivity contribution in [2.75, 3.05) is 6.61 Å². The van der Waals surface area contributed by atoms with Crippen LogP contribution in [0.3, 0.4) is 0 Å². The summed E-state index contributed by atoms with van der Waals surface area (Å²) in [6, 6.07) is 3.09. The molecular formula is C8H7BrN2O3. The highest BCUT2D eigenvalue weighted by atomic mass is 79.9. The zero-order chi connectivity index (χ0) is 10.3. The number of rotatable bonds is 1. The van der Waals surface area contributed by atoms with E-state index in [9.17, 15) is 10.1 Å². The van der Waals surface area contributed by atoms with Gasteiger partial charge in [-0.05, 0) is 22.0 Å². The Balaban J connectivity index is 2.65. The molecule has 0 radical (unpaired) electrons. The first-order valence-corrected chi connectivity index (χ1v) is 4.75. The molecule has 0 aromatic heterocycles. The number of fused-ring (bicyclic) bond motifs is 1. The van der Waals surface area contributed by atoms with Gasteiger partial charge in [-0.25, -0.2) is 0 Å². The molecule has 1 heterocycles. The quantitative estimate of drug-likeness (QED) is 0.615. The predicted molar refractivity (Wildman–Crippen MR) is 53.2 cm³/mol. The van der Waals surface area contributed by atoms with Gasteiger partial charge in [-0.1, -0.05) is 6.07 Å². The van der Waals surface area contributed by atoms with Gasteiger partial charge in [0, 0.05) is 5.56 Å². The molecule has 0 spiro atoms. The summed E-state index contributed by atoms with van der Waals surface area (Å²) < 4.78 is 5.60. The molecule has 1 atom stereocenters. The van der Waals surface area contributed by atoms with Crippen LogP contribution in [0.15, 0.2) is 16.6 Å². The fourth-order valence-electron chi connectivity index (χ4n) is 1.44. The molecular weight excluding hydrogens is 252 g/mol. The van der Waals surface area contributed by atoms with Crippen LogP contribution in [0, 0.1) is 10.1 Å². The van der Waals surface area contributed by atoms with Gasteiger partial charge in [0.05, 0.1) is 15.4 Å². The van der Waals surface area contributed by atoms with Crippen LogP contribution in [0.5, 0.6) is 5.75 Å². The fourth-order valence-corrected chi connectivity index (χ4v) is 1.90. The van der Waals surface area contributed by atoms with Crippen molar-refractivity contribution in [2.24, 2.45) is 5.73 Å². The topological polar surface area (TPSA) is 78.4 Å². The molecule has 0 unspecified atom stereocenters. The van der Waals surface area contributed by atoms with E-state index >= 15 is 0 Å². The van der Waals surface area contributed by atoms with E-state index < -0.39 is 4.92 Å². The third-order valence-corrected chi connectivity index (χ3v) is 2.74. The zero-order valence-corrected chi connectivity index (χ0v) is 8.65. The summed E-state index contributed by atoms with van der Waals surface area (Å²) in [7, 11) is 0. The van der Waals surface area contributed by atoms with Crippen LogP contribution in [-0.4, -0.2) is 11.5 Å². The first-order chi connectivity index (χ1) is 6.61. The average molecular weight is 259 g/mol. The van der Waals surface area contributed by atoms with E-state index in [2.05, 4.69) is 15.9 Å². The summed E-state index contributed by atoms with van der Waals surface area (Å²) in [5.41, 5.74) is 6.35. The van der Waals surface area contributed by atoms with Gasteiger partial charge in [0.2, 0.25) is 5.75 Å². The van der Waals surface area contributed by atoms with Gasteiger partial charge in [-0.2, -0.15) is 0 Å². The first kappa shape index (κ1) is 9.42. The Bertz CT molecular complexity index is 408. The van der Waals surface area contributed by atoms with E-state index in [1.54, 1.807) is 12.1 Å². The second-order valence-electron chi connectivity index (χ2n) is 2.99. The maximum absolute atomic E-state index is 10.7. The number of nitrogens with two attached hydrogens (primary N) is 1. The Morgan fingerprint density at radius 3 is 3.00 bits per heavy atom. The number of nitro benzene ring substituents is 1. The van der Waals surface area contributed by atoms with Gasteiger partial charge in [-0.15, -0.1) is 0 Å². The summed E-state index contributed by atoms with van der Waals surface area (Å²) >= 11 is 3.11. The number of benzene rings is 1. The van der Waals surface area contributed by atoms with E-state index in [4.69, 9.17) is 10.5 Å². The predicted octanol–water partition coefficient (Wildman–Crippen LogP) is 1.75. The number of nitro groups is 1. The second-order valence-corrected chi connectivity index (χ2v) is 3.84. The Morgan fingerprint density at radius 1 is 1.64 bits per heavy atom. The molecule has 1 aliphatic heterocycles. The van der Waals surface area contributed by atoms with Crippen LogP contribution in [0.25, 0.3) is 0 Å². The molecule has 0 fully saturated rings. The summed E-state index contributed by atoms with van der Waals surface area (Å²) in [6.07, 6.45) is 0. The van der Waals surface area contributed by atoms with Crippen LogP contribution in [0.1, 0.15) is 11.6 Å². The molecule has 0 amide bonds. The minimum absolute atomic E-state index is 0.0459. The summed E-state index contributed by atoms with van der Waals surface area (Å²) in [5, 5.41) is 10.7. The molecule has 1 aliphatic rings. The van der Waals surface area contributed by atoms with Crippen molar-refractivity contribution in [3.63, 3.8) is 0 Å². The summed E-state index contributed by atoms with van der Waals surface area (Å²) in [5.74, 6) is 0.289. The smallest absolute Gasteiger partial charge is 0.325 e. The average Bonchev–Trinajstić information content (AvgIpc) is 2.47. The molecule has 6 heteroatoms. The maximum atomic E-state index is 10.7. The van der Waals surface area contributed by atoms with E-state index in [0.29, 0.717) is 16.6 Å². The Hall–Kier alpha value is -1.14. The number of nitrogens with zero attached hydrogens (tertiary/aromatic N) is 1. The van der Waals surface area contributed by atoms with Crippen molar-refractivity contribution < 1.29 is 9.66 Å². The molecule has 14 heavy (non-hydrogen) atoms. The van der Waals surface area contributed by atoms with Crippen LogP contribution in [0.4, 0.5) is 5.69 Å². The van der Waals surface area contributed by atoms with Gasteiger partial charge in [-0.3, -0.25) is 10.1 Å². The highest BCUT2D eigenvalue weighted by Crippen LogP contribution is 2.43. The Labute approximate surface area is 88.1 Å². The van der Waals surface area contributed by atoms with E-state index in [0.717, 1.165) is 0 Å². The standard InChI is InChI=1S/C8H7BrN2O3/c9-5-2-1-4-6(10)3-14-8(4)7(5)11(12)13/h1-2,6H,3,10H2/t6-/m1/s1. The van der Waals surface area contributed by atoms with E-state index in [1.807, 2.05) is 0 Å². The molecule has 1 aromatic rings. The highest BCUT2D eigenvalue weighted by Gasteiger charge is 2.31. The minimum atomic E-state index is -0.471. The van der Waals surface area contributed by atoms with Gasteiger partial charge >= 0.3 is 5.69 Å². The number of halogens is 1. The Kier molecular flexibility index (Phi) is 2.16. The zero-order valence-electron chi connectivity index (χ0n) is 7.07. The van der Waals surface area contributed by atoms with Gasteiger partial charge in [0.15, 0.2) is 0 Å². The monoisotopic (exact) mass is 258 g/mol. The molecule has 0 bridgehead atoms. The molecule has 0 saturated carbocycles. The second kappa shape index (κ2) is 3.21. The van der Waals surface area contributed by atoms with Crippen LogP contribution >= 0.6 is 15.9 Å². The number of ether oxygens (including phenoxy) is 1. The van der Waals surface area contributed by atoms with Crippen molar-refractivity contribution in [1.29, 1.82) is 0 Å². The molecule has 0 saturated heterocycles. The SMILES string of the molecule is N[C@@H]1COc2c1ccc(Br)c2[N+](=O)[O-]. The molecule has 2 N–H and O–H groups in total. The van der Waals surface area contributed by atoms with Crippen LogP contribution in [-0.2, 0) is 0 Å². The molecule has 74 valence electrons. The van der Waals surface area contributed by atoms with Crippen molar-refractivity contribution in [3.8, 4) is 5.75 Å². The van der Waals surface area contributed by atoms with Crippen molar-refractivity contribution >= 4 is 21.6 Å². The lowest BCUT2D eigenvalue weighted by atomic mass is 10.1. The van der Waals surface area contributed by atoms with E-state index in [1.165, 1.54) is 0 Å². The van der Waals surface area contributed by atoms with Crippen molar-refractivity contribution in [1.82, 2.24) is 0 Å². The third-order valence-electron chi connectivity index (χ3n) is 2.10. The third kappa shape index (κ3) is 1.27. The number of hydrogen-bond donors (Lipinski definition) is 1. The van der Waals surface area contributed by atoms with E-state index in [-0.39, 0.29) is 17.5 Å². The summed E-state index contributed by atoms with van der Waals surface area (Å²) in [4.78, 5) is 10.3. The number of hydrogen-bond acceptors (Lipinski definition) is 4. The van der Waals surface area contributed by atoms with Crippen molar-refractivity contribution in [3.05, 3.63) is 32.3 Å². The normalized spacial score (nSPS) is 18.9. The largest absolute Gasteiger partial charge is 0.485 e. The van der Waals surface area contributed by atoms with Gasteiger partial charge < -0.3 is 10.5 Å². The Morgan fingerprint density at radius 2 is 2.36 bits per heavy atom. The lowest BCUT2D eigenvalue weighted by Crippen LogP contribution is -2.10. The molecule has 1 aromatic carbocycles. The summed E-state index contributed by atoms with van der Waals surface area (Å²) in [6.45, 7) is 0.298. The molecule has 2 rings (SSSR count). The lowest BCUT2D eigenvalue weighted by Gasteiger charge is -2.02. The lowest BCUT2D eigenvalue weighted by molar-refractivity contribution is -0.386. The van der Waals surface area contributed by atoms with Gasteiger partial charge in [0.1, 0.15) is 6.61 Å². The van der Waals surface area contributed by atoms with Crippen molar-refractivity contribution in [2.45, 2.75) is 6.04 Å². The highest BCUT2D eigenvalue weighted by molar-refractivity contribution is 9.10. The minimum Gasteiger partial charge on any atom is -0.485 e. The van der Waals surface area contributed by atoms with Crippen LogP contribution < -0.4 is 10.5 Å². The van der Waals surface area contributed by atoms with Gasteiger partial charge in [0.25, 0.3) is 0 Å². The molecule has 0 aliphatic carbocycles. The van der Waals surface area contributed by atoms with Crippen LogP contribution in [0.2, 0.25) is 0 Å². The molecule has 5 nitrogen and oxygen atoms in total.